The molecule has 0 radical (unpaired) electrons. The summed E-state index contributed by atoms with van der Waals surface area (Å²) in [7, 11) is 0. The monoisotopic (exact) mass is 166 g/mol. The third-order valence-electron chi connectivity index (χ3n) is 2.89. The Kier molecular flexibility index (Phi) is 2.41. The standard InChI is InChI=1S/C11H18O/c1-8-6-5-7-11(3,4)10(8)9(2)12/h5-6,8,10H,7H2,1-4H3/t8-,10-/m0/s1. The number of allylic oxidation sites excluding steroid dienone is 2. The van der Waals surface area contributed by atoms with Gasteiger partial charge in [0.25, 0.3) is 0 Å². The fourth-order valence-corrected chi connectivity index (χ4v) is 2.46. The van der Waals surface area contributed by atoms with Crippen molar-refractivity contribution < 1.29 is 4.79 Å². The van der Waals surface area contributed by atoms with Gasteiger partial charge >= 0.3 is 0 Å². The largest absolute Gasteiger partial charge is 0.300 e. The van der Waals surface area contributed by atoms with Crippen molar-refractivity contribution in [2.75, 3.05) is 0 Å². The molecule has 0 unspecified atom stereocenters. The fraction of sp³-hybridized carbons (Fsp3) is 0.727. The lowest BCUT2D eigenvalue weighted by atomic mass is 9.66. The Hall–Kier alpha value is -0.590. The van der Waals surface area contributed by atoms with Crippen molar-refractivity contribution >= 4 is 5.78 Å². The number of carbonyl (C=O) groups is 1. The van der Waals surface area contributed by atoms with Crippen molar-refractivity contribution in [1.82, 2.24) is 0 Å². The summed E-state index contributed by atoms with van der Waals surface area (Å²) in [5, 5.41) is 0. The average molecular weight is 166 g/mol. The number of Topliss-reactive ketones (excluding diaryl/α,β-unsaturated/α-hetero) is 1. The summed E-state index contributed by atoms with van der Waals surface area (Å²) >= 11 is 0. The smallest absolute Gasteiger partial charge is 0.134 e. The molecular weight excluding hydrogens is 148 g/mol. The SMILES string of the molecule is CC(=O)[C@@H]1[C@@H](C)C=CCC1(C)C. The molecule has 0 fully saturated rings. The zero-order chi connectivity index (χ0) is 9.35. The van der Waals surface area contributed by atoms with E-state index in [4.69, 9.17) is 0 Å². The summed E-state index contributed by atoms with van der Waals surface area (Å²) in [4.78, 5) is 11.4. The van der Waals surface area contributed by atoms with Crippen LogP contribution in [0.2, 0.25) is 0 Å². The van der Waals surface area contributed by atoms with Gasteiger partial charge in [0.15, 0.2) is 0 Å². The number of hydrogen-bond donors (Lipinski definition) is 0. The lowest BCUT2D eigenvalue weighted by Gasteiger charge is -2.38. The van der Waals surface area contributed by atoms with E-state index in [1.807, 2.05) is 0 Å². The van der Waals surface area contributed by atoms with Gasteiger partial charge in [-0.2, -0.15) is 0 Å². The Morgan fingerprint density at radius 3 is 2.42 bits per heavy atom. The second-order valence-electron chi connectivity index (χ2n) is 4.57. The highest BCUT2D eigenvalue weighted by Crippen LogP contribution is 2.40. The molecule has 0 heterocycles. The first kappa shape index (κ1) is 9.50. The third-order valence-corrected chi connectivity index (χ3v) is 2.89. The van der Waals surface area contributed by atoms with Crippen LogP contribution >= 0.6 is 0 Å². The topological polar surface area (TPSA) is 17.1 Å². The molecule has 0 N–H and O–H groups in total. The molecule has 12 heavy (non-hydrogen) atoms. The second-order valence-corrected chi connectivity index (χ2v) is 4.57. The molecule has 0 amide bonds. The van der Waals surface area contributed by atoms with E-state index in [0.29, 0.717) is 11.7 Å². The normalized spacial score (nSPS) is 33.3. The minimum Gasteiger partial charge on any atom is -0.300 e. The highest BCUT2D eigenvalue weighted by molar-refractivity contribution is 5.79. The molecule has 1 heteroatoms. The van der Waals surface area contributed by atoms with E-state index >= 15 is 0 Å². The molecule has 0 aromatic heterocycles. The van der Waals surface area contributed by atoms with Crippen molar-refractivity contribution in [2.45, 2.75) is 34.1 Å². The molecule has 68 valence electrons. The van der Waals surface area contributed by atoms with Gasteiger partial charge in [-0.05, 0) is 24.7 Å². The van der Waals surface area contributed by atoms with E-state index in [1.54, 1.807) is 6.92 Å². The van der Waals surface area contributed by atoms with Crippen LogP contribution in [0.4, 0.5) is 0 Å². The van der Waals surface area contributed by atoms with Crippen LogP contribution in [0, 0.1) is 17.3 Å². The van der Waals surface area contributed by atoms with E-state index in [0.717, 1.165) is 6.42 Å². The maximum absolute atomic E-state index is 11.4. The Morgan fingerprint density at radius 1 is 1.50 bits per heavy atom. The van der Waals surface area contributed by atoms with Gasteiger partial charge in [0.05, 0.1) is 0 Å². The first-order valence-corrected chi connectivity index (χ1v) is 4.62. The van der Waals surface area contributed by atoms with Gasteiger partial charge in [0.1, 0.15) is 5.78 Å². The highest BCUT2D eigenvalue weighted by Gasteiger charge is 2.37. The zero-order valence-electron chi connectivity index (χ0n) is 8.42. The average Bonchev–Trinajstić information content (AvgIpc) is 1.82. The summed E-state index contributed by atoms with van der Waals surface area (Å²) < 4.78 is 0. The Bertz CT molecular complexity index is 213. The van der Waals surface area contributed by atoms with Crippen LogP contribution in [0.5, 0.6) is 0 Å². The number of ketones is 1. The summed E-state index contributed by atoms with van der Waals surface area (Å²) in [6.45, 7) is 8.20. The lowest BCUT2D eigenvalue weighted by molar-refractivity contribution is -0.125. The van der Waals surface area contributed by atoms with E-state index in [-0.39, 0.29) is 11.3 Å². The molecular formula is C11H18O. The van der Waals surface area contributed by atoms with Gasteiger partial charge < -0.3 is 0 Å². The van der Waals surface area contributed by atoms with Gasteiger partial charge in [-0.25, -0.2) is 0 Å². The number of carbonyl (C=O) groups excluding carboxylic acids is 1. The van der Waals surface area contributed by atoms with Crippen LogP contribution in [0.15, 0.2) is 12.2 Å². The van der Waals surface area contributed by atoms with Crippen molar-refractivity contribution in [3.05, 3.63) is 12.2 Å². The van der Waals surface area contributed by atoms with Gasteiger partial charge in [0, 0.05) is 5.92 Å². The van der Waals surface area contributed by atoms with E-state index in [1.165, 1.54) is 0 Å². The van der Waals surface area contributed by atoms with E-state index < -0.39 is 0 Å². The summed E-state index contributed by atoms with van der Waals surface area (Å²) in [6.07, 6.45) is 5.39. The fourth-order valence-electron chi connectivity index (χ4n) is 2.46. The second kappa shape index (κ2) is 3.04. The third kappa shape index (κ3) is 1.60. The van der Waals surface area contributed by atoms with Crippen LogP contribution in [0.1, 0.15) is 34.1 Å². The molecule has 0 bridgehead atoms. The predicted octanol–water partition coefficient (Wildman–Crippen LogP) is 2.81. The zero-order valence-corrected chi connectivity index (χ0v) is 8.42. The highest BCUT2D eigenvalue weighted by atomic mass is 16.1. The molecule has 1 aliphatic rings. The Balaban J connectivity index is 2.92. The van der Waals surface area contributed by atoms with Crippen molar-refractivity contribution in [3.63, 3.8) is 0 Å². The van der Waals surface area contributed by atoms with E-state index in [2.05, 4.69) is 32.9 Å². The van der Waals surface area contributed by atoms with Crippen molar-refractivity contribution in [2.24, 2.45) is 17.3 Å². The van der Waals surface area contributed by atoms with Crippen LogP contribution < -0.4 is 0 Å². The van der Waals surface area contributed by atoms with E-state index in [9.17, 15) is 4.79 Å². The molecule has 0 spiro atoms. The molecule has 0 aromatic carbocycles. The molecule has 0 aliphatic heterocycles. The minimum absolute atomic E-state index is 0.153. The van der Waals surface area contributed by atoms with Crippen LogP contribution in [0.25, 0.3) is 0 Å². The quantitative estimate of drug-likeness (QED) is 0.547. The van der Waals surface area contributed by atoms with Gasteiger partial charge in [0.2, 0.25) is 0 Å². The molecule has 0 aromatic rings. The Labute approximate surface area is 74.9 Å². The summed E-state index contributed by atoms with van der Waals surface area (Å²) in [5.41, 5.74) is 0.153. The summed E-state index contributed by atoms with van der Waals surface area (Å²) in [6, 6.07) is 0. The van der Waals surface area contributed by atoms with Gasteiger partial charge in [-0.3, -0.25) is 4.79 Å². The first-order chi connectivity index (χ1) is 5.45. The summed E-state index contributed by atoms with van der Waals surface area (Å²) in [5.74, 6) is 0.950. The lowest BCUT2D eigenvalue weighted by Crippen LogP contribution is -2.35. The molecule has 0 saturated heterocycles. The Morgan fingerprint density at radius 2 is 2.08 bits per heavy atom. The predicted molar refractivity (Wildman–Crippen MR) is 50.9 cm³/mol. The molecule has 1 nitrogen and oxygen atoms in total. The van der Waals surface area contributed by atoms with Crippen molar-refractivity contribution in [1.29, 1.82) is 0 Å². The first-order valence-electron chi connectivity index (χ1n) is 4.62. The maximum atomic E-state index is 11.4. The van der Waals surface area contributed by atoms with Crippen LogP contribution in [-0.4, -0.2) is 5.78 Å². The molecule has 1 rings (SSSR count). The number of rotatable bonds is 1. The minimum atomic E-state index is 0.153. The maximum Gasteiger partial charge on any atom is 0.134 e. The number of hydrogen-bond acceptors (Lipinski definition) is 1. The van der Waals surface area contributed by atoms with Crippen LogP contribution in [0.3, 0.4) is 0 Å². The molecule has 0 saturated carbocycles. The van der Waals surface area contributed by atoms with Crippen molar-refractivity contribution in [3.8, 4) is 0 Å². The van der Waals surface area contributed by atoms with Crippen LogP contribution in [-0.2, 0) is 4.79 Å². The molecule has 1 aliphatic carbocycles. The molecule has 2 atom stereocenters. The van der Waals surface area contributed by atoms with Gasteiger partial charge in [-0.15, -0.1) is 0 Å². The van der Waals surface area contributed by atoms with Gasteiger partial charge in [-0.1, -0.05) is 32.9 Å².